The second-order valence-corrected chi connectivity index (χ2v) is 12.3. The van der Waals surface area contributed by atoms with Crippen LogP contribution in [-0.4, -0.2) is 89.0 Å². The monoisotopic (exact) mass is 517 g/mol. The molecule has 0 aromatic heterocycles. The first-order valence-corrected chi connectivity index (χ1v) is 13.6. The van der Waals surface area contributed by atoms with Gasteiger partial charge in [-0.15, -0.1) is 0 Å². The molecule has 11 nitrogen and oxygen atoms in total. The molecule has 5 amide bonds. The van der Waals surface area contributed by atoms with Crippen LogP contribution in [0.25, 0.3) is 0 Å². The van der Waals surface area contributed by atoms with Crippen molar-refractivity contribution in [3.05, 3.63) is 0 Å². The van der Waals surface area contributed by atoms with Crippen LogP contribution in [0.5, 0.6) is 0 Å². The maximum absolute atomic E-state index is 13.4. The summed E-state index contributed by atoms with van der Waals surface area (Å²) in [5.41, 5.74) is -2.05. The van der Waals surface area contributed by atoms with Gasteiger partial charge in [0.05, 0.1) is 0 Å². The van der Waals surface area contributed by atoms with E-state index in [0.29, 0.717) is 19.4 Å². The third-order valence-corrected chi connectivity index (χ3v) is 7.67. The predicted molar refractivity (Wildman–Crippen MR) is 131 cm³/mol. The summed E-state index contributed by atoms with van der Waals surface area (Å²) in [6, 6.07) is -2.53. The molecule has 4 N–H and O–H groups in total. The van der Waals surface area contributed by atoms with Crippen LogP contribution in [0.1, 0.15) is 47.5 Å². The van der Waals surface area contributed by atoms with E-state index in [9.17, 15) is 24.0 Å². The highest BCUT2D eigenvalue weighted by molar-refractivity contribution is 8.76. The summed E-state index contributed by atoms with van der Waals surface area (Å²) in [5.74, 6) is -1.32. The van der Waals surface area contributed by atoms with Gasteiger partial charge in [0.25, 0.3) is 0 Å². The minimum absolute atomic E-state index is 0.188. The van der Waals surface area contributed by atoms with E-state index < -0.39 is 53.1 Å². The number of fused-ring (bicyclic) bond motifs is 1. The average molecular weight is 518 g/mol. The molecule has 192 valence electrons. The van der Waals surface area contributed by atoms with Crippen molar-refractivity contribution < 1.29 is 28.7 Å². The Morgan fingerprint density at radius 1 is 1.15 bits per heavy atom. The number of alkyl carbamates (subject to hydrolysis) is 1. The van der Waals surface area contributed by atoms with Crippen molar-refractivity contribution in [1.82, 2.24) is 26.2 Å². The van der Waals surface area contributed by atoms with Gasteiger partial charge in [-0.2, -0.15) is 0 Å². The molecule has 2 aliphatic rings. The van der Waals surface area contributed by atoms with E-state index in [1.54, 1.807) is 34.6 Å². The molecule has 0 aromatic rings. The van der Waals surface area contributed by atoms with E-state index in [0.717, 1.165) is 0 Å². The van der Waals surface area contributed by atoms with Gasteiger partial charge in [0, 0.05) is 25.1 Å². The summed E-state index contributed by atoms with van der Waals surface area (Å²) in [4.78, 5) is 65.5. The lowest BCUT2D eigenvalue weighted by Crippen LogP contribution is -2.62. The van der Waals surface area contributed by atoms with E-state index in [1.165, 1.54) is 33.5 Å². The summed E-state index contributed by atoms with van der Waals surface area (Å²) in [6.07, 6.45) is 0.336. The van der Waals surface area contributed by atoms with Gasteiger partial charge in [-0.05, 0) is 47.5 Å². The van der Waals surface area contributed by atoms with E-state index >= 15 is 0 Å². The van der Waals surface area contributed by atoms with Crippen LogP contribution in [0.15, 0.2) is 0 Å². The normalized spacial score (nSPS) is 26.5. The minimum atomic E-state index is -1.31. The molecule has 0 radical (unpaired) electrons. The van der Waals surface area contributed by atoms with E-state index in [-0.39, 0.29) is 17.4 Å². The van der Waals surface area contributed by atoms with Crippen molar-refractivity contribution in [3.8, 4) is 0 Å². The molecule has 0 aliphatic carbocycles. The number of rotatable bonds is 2. The Hall–Kier alpha value is -2.15. The number of nitrogens with one attached hydrogen (secondary N) is 4. The zero-order valence-electron chi connectivity index (χ0n) is 20.5. The largest absolute Gasteiger partial charge is 0.444 e. The summed E-state index contributed by atoms with van der Waals surface area (Å²) in [5, 5.41) is 10.6. The summed E-state index contributed by atoms with van der Waals surface area (Å²) >= 11 is 0. The van der Waals surface area contributed by atoms with Crippen LogP contribution < -0.4 is 21.3 Å². The van der Waals surface area contributed by atoms with Crippen molar-refractivity contribution >= 4 is 51.3 Å². The lowest BCUT2D eigenvalue weighted by atomic mass is 10.0. The van der Waals surface area contributed by atoms with Crippen molar-refractivity contribution in [3.63, 3.8) is 0 Å². The minimum Gasteiger partial charge on any atom is -0.444 e. The third kappa shape index (κ3) is 7.69. The van der Waals surface area contributed by atoms with Crippen molar-refractivity contribution in [2.75, 3.05) is 25.1 Å². The van der Waals surface area contributed by atoms with Crippen LogP contribution in [-0.2, 0) is 23.9 Å². The molecular weight excluding hydrogens is 482 g/mol. The van der Waals surface area contributed by atoms with Gasteiger partial charge < -0.3 is 30.9 Å². The number of carbonyl (C=O) groups is 5. The van der Waals surface area contributed by atoms with Crippen LogP contribution in [0, 0.1) is 0 Å². The predicted octanol–water partition coefficient (Wildman–Crippen LogP) is 0.391. The molecular formula is C21H35N5O6S2. The fourth-order valence-electron chi connectivity index (χ4n) is 3.50. The van der Waals surface area contributed by atoms with E-state index in [1.807, 2.05) is 0 Å². The molecule has 0 saturated carbocycles. The number of ether oxygens (including phenoxy) is 1. The van der Waals surface area contributed by atoms with Gasteiger partial charge in [-0.1, -0.05) is 21.6 Å². The van der Waals surface area contributed by atoms with Gasteiger partial charge in [0.1, 0.15) is 29.3 Å². The second-order valence-electron chi connectivity index (χ2n) is 9.71. The molecule has 2 aliphatic heterocycles. The molecule has 2 rings (SSSR count). The third-order valence-electron chi connectivity index (χ3n) is 5.25. The Bertz CT molecular complexity index is 816. The maximum atomic E-state index is 13.4. The molecule has 2 saturated heterocycles. The number of likely N-dealkylation sites (N-methyl/N-ethyl adjacent to an activating group) is 1. The fourth-order valence-corrected chi connectivity index (χ4v) is 5.82. The summed E-state index contributed by atoms with van der Waals surface area (Å²) < 4.78 is 5.32. The number of hydrogen-bond acceptors (Lipinski definition) is 8. The first-order valence-electron chi connectivity index (χ1n) is 11.1. The second kappa shape index (κ2) is 11.5. The fraction of sp³-hybridized carbons (Fsp3) is 0.762. The Balaban J connectivity index is 2.31. The number of nitrogens with zero attached hydrogens (tertiary/aromatic N) is 1. The number of amides is 5. The lowest BCUT2D eigenvalue weighted by molar-refractivity contribution is -0.141. The lowest BCUT2D eigenvalue weighted by Gasteiger charge is -2.33. The summed E-state index contributed by atoms with van der Waals surface area (Å²) in [7, 11) is 4.05. The molecule has 13 heteroatoms. The van der Waals surface area contributed by atoms with E-state index in [2.05, 4.69) is 21.3 Å². The quantitative estimate of drug-likeness (QED) is 0.385. The molecule has 0 spiro atoms. The van der Waals surface area contributed by atoms with Gasteiger partial charge in [0.15, 0.2) is 0 Å². The Morgan fingerprint density at radius 3 is 2.41 bits per heavy atom. The van der Waals surface area contributed by atoms with Crippen molar-refractivity contribution in [2.45, 2.75) is 76.7 Å². The molecule has 0 aromatic carbocycles. The molecule has 2 fully saturated rings. The zero-order valence-corrected chi connectivity index (χ0v) is 22.1. The Labute approximate surface area is 208 Å². The van der Waals surface area contributed by atoms with Gasteiger partial charge >= 0.3 is 6.09 Å². The van der Waals surface area contributed by atoms with Gasteiger partial charge in [0.2, 0.25) is 23.6 Å². The van der Waals surface area contributed by atoms with Crippen LogP contribution in [0.3, 0.4) is 0 Å². The van der Waals surface area contributed by atoms with Gasteiger partial charge in [-0.25, -0.2) is 4.79 Å². The highest BCUT2D eigenvalue weighted by Gasteiger charge is 2.41. The summed E-state index contributed by atoms with van der Waals surface area (Å²) in [6.45, 7) is 8.63. The standard InChI is InChI=1S/C21H35N5O6S2/c1-20(2,3)32-19(31)24-13-11-34-33-10-12(15(27)22-6)23-18(30)21(4,5)25-16(28)14-8-7-9-26(14)17(13)29/h12-14H,7-11H2,1-6H3,(H,22,27)(H,23,30)(H,24,31)(H,25,28). The molecule has 0 bridgehead atoms. The van der Waals surface area contributed by atoms with E-state index in [4.69, 9.17) is 4.74 Å². The first kappa shape index (κ1) is 28.1. The van der Waals surface area contributed by atoms with Crippen molar-refractivity contribution in [2.24, 2.45) is 0 Å². The SMILES string of the molecule is CNC(=O)C1CSSCC(NC(=O)OC(C)(C)C)C(=O)N2CCCC2C(=O)NC(C)(C)C(=O)N1. The average Bonchev–Trinajstić information content (AvgIpc) is 3.21. The highest BCUT2D eigenvalue weighted by atomic mass is 33.1. The topological polar surface area (TPSA) is 146 Å². The van der Waals surface area contributed by atoms with Gasteiger partial charge in [-0.3, -0.25) is 19.2 Å². The maximum Gasteiger partial charge on any atom is 0.408 e. The molecule has 2 heterocycles. The van der Waals surface area contributed by atoms with Crippen LogP contribution in [0.4, 0.5) is 4.79 Å². The number of carbonyl (C=O) groups excluding carboxylic acids is 5. The Kier molecular flexibility index (Phi) is 9.52. The van der Waals surface area contributed by atoms with Crippen molar-refractivity contribution in [1.29, 1.82) is 0 Å². The molecule has 3 unspecified atom stereocenters. The highest BCUT2D eigenvalue weighted by Crippen LogP contribution is 2.26. The smallest absolute Gasteiger partial charge is 0.408 e. The molecule has 34 heavy (non-hydrogen) atoms. The first-order chi connectivity index (χ1) is 15.7. The Morgan fingerprint density at radius 2 is 1.79 bits per heavy atom. The number of hydrogen-bond donors (Lipinski definition) is 4. The molecule has 3 atom stereocenters. The van der Waals surface area contributed by atoms with Crippen LogP contribution in [0.2, 0.25) is 0 Å². The van der Waals surface area contributed by atoms with Crippen LogP contribution >= 0.6 is 21.6 Å². The zero-order chi connectivity index (χ0) is 25.7.